The summed E-state index contributed by atoms with van der Waals surface area (Å²) in [4.78, 5) is 8.10. The van der Waals surface area contributed by atoms with Crippen molar-refractivity contribution in [1.29, 1.82) is 0 Å². The molecule has 94 valence electrons. The maximum Gasteiger partial charge on any atom is 0.123 e. The quantitative estimate of drug-likeness (QED) is 0.589. The second-order valence-corrected chi connectivity index (χ2v) is 4.86. The standard InChI is InChI=1S/C12H14BrN5/c13-10-5-9(6-16-7-10)11(18-15)3-8-1-2-17-12(14)4-8/h1-2,4-7,11,18H,3,15H2,(H2,14,17). The van der Waals surface area contributed by atoms with Crippen LogP contribution in [-0.2, 0) is 6.42 Å². The van der Waals surface area contributed by atoms with Crippen molar-refractivity contribution in [2.24, 2.45) is 5.84 Å². The SMILES string of the molecule is NNC(Cc1ccnc(N)c1)c1cncc(Br)c1. The van der Waals surface area contributed by atoms with E-state index < -0.39 is 0 Å². The Labute approximate surface area is 114 Å². The molecule has 2 heterocycles. The topological polar surface area (TPSA) is 89.8 Å². The van der Waals surface area contributed by atoms with Gasteiger partial charge < -0.3 is 5.73 Å². The summed E-state index contributed by atoms with van der Waals surface area (Å²) in [5.74, 6) is 6.11. The highest BCUT2D eigenvalue weighted by Crippen LogP contribution is 2.20. The Balaban J connectivity index is 2.19. The summed E-state index contributed by atoms with van der Waals surface area (Å²) in [7, 11) is 0. The maximum absolute atomic E-state index is 5.66. The number of anilines is 1. The van der Waals surface area contributed by atoms with Gasteiger partial charge in [0, 0.05) is 23.1 Å². The third-order valence-electron chi connectivity index (χ3n) is 2.61. The molecule has 1 unspecified atom stereocenters. The molecule has 2 aromatic rings. The van der Waals surface area contributed by atoms with Gasteiger partial charge in [-0.25, -0.2) is 4.98 Å². The van der Waals surface area contributed by atoms with E-state index in [2.05, 4.69) is 31.3 Å². The Hall–Kier alpha value is -1.50. The second kappa shape index (κ2) is 5.90. The summed E-state index contributed by atoms with van der Waals surface area (Å²) in [6, 6.07) is 5.74. The minimum Gasteiger partial charge on any atom is -0.384 e. The highest BCUT2D eigenvalue weighted by atomic mass is 79.9. The van der Waals surface area contributed by atoms with Gasteiger partial charge in [0.25, 0.3) is 0 Å². The Morgan fingerprint density at radius 2 is 2.17 bits per heavy atom. The molecule has 0 amide bonds. The lowest BCUT2D eigenvalue weighted by Gasteiger charge is -2.16. The molecule has 0 aliphatic rings. The number of rotatable bonds is 4. The van der Waals surface area contributed by atoms with E-state index >= 15 is 0 Å². The highest BCUT2D eigenvalue weighted by Gasteiger charge is 2.11. The largest absolute Gasteiger partial charge is 0.384 e. The van der Waals surface area contributed by atoms with Gasteiger partial charge in [0.2, 0.25) is 0 Å². The van der Waals surface area contributed by atoms with Gasteiger partial charge in [-0.05, 0) is 51.7 Å². The maximum atomic E-state index is 5.66. The summed E-state index contributed by atoms with van der Waals surface area (Å²) in [5.41, 5.74) is 10.5. The third kappa shape index (κ3) is 3.25. The van der Waals surface area contributed by atoms with Gasteiger partial charge in [-0.1, -0.05) is 0 Å². The molecule has 0 aliphatic carbocycles. The lowest BCUT2D eigenvalue weighted by molar-refractivity contribution is 0.550. The number of halogens is 1. The molecule has 5 N–H and O–H groups in total. The monoisotopic (exact) mass is 307 g/mol. The molecule has 1 atom stereocenters. The number of nitrogens with one attached hydrogen (secondary N) is 1. The lowest BCUT2D eigenvalue weighted by atomic mass is 10.0. The van der Waals surface area contributed by atoms with Crippen LogP contribution in [0.25, 0.3) is 0 Å². The lowest BCUT2D eigenvalue weighted by Crippen LogP contribution is -2.29. The Kier molecular flexibility index (Phi) is 4.24. The molecule has 0 spiro atoms. The minimum absolute atomic E-state index is 0.0169. The molecule has 0 radical (unpaired) electrons. The summed E-state index contributed by atoms with van der Waals surface area (Å²) in [6.07, 6.45) is 5.94. The van der Waals surface area contributed by atoms with Gasteiger partial charge in [0.05, 0.1) is 6.04 Å². The predicted octanol–water partition coefficient (Wildman–Crippen LogP) is 1.57. The summed E-state index contributed by atoms with van der Waals surface area (Å²) in [5, 5.41) is 0. The number of pyridine rings is 2. The number of nitrogen functional groups attached to an aromatic ring is 1. The molecular formula is C12H14BrN5. The van der Waals surface area contributed by atoms with Crippen LogP contribution in [0.4, 0.5) is 5.82 Å². The zero-order chi connectivity index (χ0) is 13.0. The first-order valence-corrected chi connectivity index (χ1v) is 6.25. The van der Waals surface area contributed by atoms with Crippen LogP contribution >= 0.6 is 15.9 Å². The van der Waals surface area contributed by atoms with E-state index in [1.165, 1.54) is 0 Å². The molecule has 18 heavy (non-hydrogen) atoms. The van der Waals surface area contributed by atoms with E-state index in [1.54, 1.807) is 18.6 Å². The van der Waals surface area contributed by atoms with Crippen molar-refractivity contribution in [3.05, 3.63) is 52.4 Å². The fourth-order valence-electron chi connectivity index (χ4n) is 1.75. The van der Waals surface area contributed by atoms with E-state index in [1.807, 2.05) is 18.2 Å². The molecule has 6 heteroatoms. The van der Waals surface area contributed by atoms with Crippen LogP contribution < -0.4 is 17.0 Å². The normalized spacial score (nSPS) is 12.3. The summed E-state index contributed by atoms with van der Waals surface area (Å²) in [6.45, 7) is 0. The minimum atomic E-state index is -0.0169. The van der Waals surface area contributed by atoms with Crippen LogP contribution in [0.5, 0.6) is 0 Å². The summed E-state index contributed by atoms with van der Waals surface area (Å²) < 4.78 is 0.925. The molecule has 0 aromatic carbocycles. The van der Waals surface area contributed by atoms with E-state index in [0.717, 1.165) is 22.0 Å². The first-order chi connectivity index (χ1) is 8.69. The molecular weight excluding hydrogens is 294 g/mol. The molecule has 0 saturated heterocycles. The van der Waals surface area contributed by atoms with Crippen molar-refractivity contribution in [1.82, 2.24) is 15.4 Å². The number of hydrogen-bond acceptors (Lipinski definition) is 5. The molecule has 0 bridgehead atoms. The number of nitrogens with zero attached hydrogens (tertiary/aromatic N) is 2. The number of nitrogens with two attached hydrogens (primary N) is 2. The highest BCUT2D eigenvalue weighted by molar-refractivity contribution is 9.10. The zero-order valence-electron chi connectivity index (χ0n) is 9.68. The number of aromatic nitrogens is 2. The van der Waals surface area contributed by atoms with Crippen LogP contribution in [0.15, 0.2) is 41.3 Å². The smallest absolute Gasteiger partial charge is 0.123 e. The molecule has 2 aromatic heterocycles. The Bertz CT molecular complexity index is 531. The van der Waals surface area contributed by atoms with Gasteiger partial charge in [0.1, 0.15) is 5.82 Å². The van der Waals surface area contributed by atoms with E-state index in [4.69, 9.17) is 11.6 Å². The predicted molar refractivity (Wildman–Crippen MR) is 74.4 cm³/mol. The molecule has 5 nitrogen and oxygen atoms in total. The van der Waals surface area contributed by atoms with Crippen LogP contribution in [0.2, 0.25) is 0 Å². The third-order valence-corrected chi connectivity index (χ3v) is 3.05. The van der Waals surface area contributed by atoms with Crippen LogP contribution in [0.1, 0.15) is 17.2 Å². The number of hydrazine groups is 1. The van der Waals surface area contributed by atoms with E-state index in [9.17, 15) is 0 Å². The van der Waals surface area contributed by atoms with E-state index in [-0.39, 0.29) is 6.04 Å². The zero-order valence-corrected chi connectivity index (χ0v) is 11.3. The Morgan fingerprint density at radius 3 is 2.83 bits per heavy atom. The van der Waals surface area contributed by atoms with E-state index in [0.29, 0.717) is 5.82 Å². The first-order valence-electron chi connectivity index (χ1n) is 5.46. The molecule has 0 fully saturated rings. The van der Waals surface area contributed by atoms with Crippen molar-refractivity contribution in [2.75, 3.05) is 5.73 Å². The van der Waals surface area contributed by atoms with Gasteiger partial charge >= 0.3 is 0 Å². The van der Waals surface area contributed by atoms with Gasteiger partial charge in [-0.3, -0.25) is 16.3 Å². The van der Waals surface area contributed by atoms with Crippen molar-refractivity contribution < 1.29 is 0 Å². The van der Waals surface area contributed by atoms with Crippen molar-refractivity contribution in [3.8, 4) is 0 Å². The van der Waals surface area contributed by atoms with Crippen LogP contribution in [0, 0.1) is 0 Å². The van der Waals surface area contributed by atoms with Gasteiger partial charge in [-0.15, -0.1) is 0 Å². The molecule has 0 aliphatic heterocycles. The average molecular weight is 308 g/mol. The Morgan fingerprint density at radius 1 is 1.33 bits per heavy atom. The van der Waals surface area contributed by atoms with Gasteiger partial charge in [-0.2, -0.15) is 0 Å². The summed E-state index contributed by atoms with van der Waals surface area (Å²) >= 11 is 3.40. The van der Waals surface area contributed by atoms with Crippen molar-refractivity contribution >= 4 is 21.7 Å². The van der Waals surface area contributed by atoms with Gasteiger partial charge in [0.15, 0.2) is 0 Å². The van der Waals surface area contributed by atoms with Crippen LogP contribution in [0.3, 0.4) is 0 Å². The molecule has 2 rings (SSSR count). The van der Waals surface area contributed by atoms with Crippen molar-refractivity contribution in [3.63, 3.8) is 0 Å². The fourth-order valence-corrected chi connectivity index (χ4v) is 2.13. The molecule has 0 saturated carbocycles. The second-order valence-electron chi connectivity index (χ2n) is 3.95. The number of hydrogen-bond donors (Lipinski definition) is 3. The first kappa shape index (κ1) is 12.9. The van der Waals surface area contributed by atoms with Crippen molar-refractivity contribution in [2.45, 2.75) is 12.5 Å². The fraction of sp³-hybridized carbons (Fsp3) is 0.167. The van der Waals surface area contributed by atoms with Crippen LogP contribution in [-0.4, -0.2) is 9.97 Å². The average Bonchev–Trinajstić information content (AvgIpc) is 2.36.